The molecular weight excluding hydrogens is 324 g/mol. The number of amides is 2. The molecule has 2 rings (SSSR count). The number of carbonyl (C=O) groups excluding carboxylic acids is 2. The van der Waals surface area contributed by atoms with Crippen molar-refractivity contribution in [2.75, 3.05) is 20.3 Å². The van der Waals surface area contributed by atoms with Gasteiger partial charge in [0.1, 0.15) is 5.75 Å². The Morgan fingerprint density at radius 1 is 1.28 bits per heavy atom. The second-order valence-electron chi connectivity index (χ2n) is 6.23. The second kappa shape index (κ2) is 9.27. The predicted molar refractivity (Wildman–Crippen MR) is 92.6 cm³/mol. The Morgan fingerprint density at radius 2 is 2.00 bits per heavy atom. The van der Waals surface area contributed by atoms with E-state index in [0.717, 1.165) is 17.7 Å². The van der Waals surface area contributed by atoms with Gasteiger partial charge in [0.05, 0.1) is 25.9 Å². The molecule has 138 valence electrons. The Morgan fingerprint density at radius 3 is 2.56 bits per heavy atom. The number of rotatable bonds is 9. The first-order valence-corrected chi connectivity index (χ1v) is 8.47. The summed E-state index contributed by atoms with van der Waals surface area (Å²) < 4.78 is 16.1. The van der Waals surface area contributed by atoms with Gasteiger partial charge in [-0.05, 0) is 31.5 Å². The predicted octanol–water partition coefficient (Wildman–Crippen LogP) is 1.65. The monoisotopic (exact) mass is 350 g/mol. The van der Waals surface area contributed by atoms with Crippen LogP contribution in [0, 0.1) is 0 Å². The fourth-order valence-electron chi connectivity index (χ4n) is 2.58. The maximum Gasteiger partial charge on any atom is 0.335 e. The van der Waals surface area contributed by atoms with Gasteiger partial charge in [-0.15, -0.1) is 0 Å². The number of esters is 1. The standard InChI is InChI=1S/C18H26N2O5/c1-12(2)25-16(17(21)23-3)10-13-4-6-15(7-5-13)24-9-8-14-11-19-18(22)20-14/h4-7,12,14,16H,8-11H2,1-3H3,(H2,19,20,22)/t14-,16-/m0/s1. The summed E-state index contributed by atoms with van der Waals surface area (Å²) in [7, 11) is 1.36. The molecule has 0 radical (unpaired) electrons. The minimum absolute atomic E-state index is 0.0581. The lowest BCUT2D eigenvalue weighted by Crippen LogP contribution is -2.30. The summed E-state index contributed by atoms with van der Waals surface area (Å²) in [6, 6.07) is 7.54. The average Bonchev–Trinajstić information content (AvgIpc) is 3.00. The quantitative estimate of drug-likeness (QED) is 0.662. The number of nitrogens with one attached hydrogen (secondary N) is 2. The number of methoxy groups -OCH3 is 1. The summed E-state index contributed by atoms with van der Waals surface area (Å²) in [5.41, 5.74) is 0.968. The van der Waals surface area contributed by atoms with Gasteiger partial charge in [0.2, 0.25) is 0 Å². The van der Waals surface area contributed by atoms with Crippen LogP contribution in [-0.4, -0.2) is 50.5 Å². The van der Waals surface area contributed by atoms with E-state index >= 15 is 0 Å². The van der Waals surface area contributed by atoms with Gasteiger partial charge in [0.25, 0.3) is 0 Å². The molecular formula is C18H26N2O5. The normalized spacial score (nSPS) is 17.8. The first-order valence-electron chi connectivity index (χ1n) is 8.47. The number of carbonyl (C=O) groups is 2. The van der Waals surface area contributed by atoms with Gasteiger partial charge in [0, 0.05) is 19.4 Å². The van der Waals surface area contributed by atoms with Crippen molar-refractivity contribution in [1.82, 2.24) is 10.6 Å². The average molecular weight is 350 g/mol. The summed E-state index contributed by atoms with van der Waals surface area (Å²) >= 11 is 0. The molecule has 7 nitrogen and oxygen atoms in total. The zero-order valence-corrected chi connectivity index (χ0v) is 14.9. The van der Waals surface area contributed by atoms with Crippen molar-refractivity contribution in [3.8, 4) is 5.75 Å². The molecule has 1 aromatic rings. The summed E-state index contributed by atoms with van der Waals surface area (Å²) in [5, 5.41) is 5.53. The van der Waals surface area contributed by atoms with E-state index in [2.05, 4.69) is 10.6 Å². The number of urea groups is 1. The van der Waals surface area contributed by atoms with E-state index in [1.807, 2.05) is 38.1 Å². The number of benzene rings is 1. The second-order valence-corrected chi connectivity index (χ2v) is 6.23. The maximum atomic E-state index is 11.8. The van der Waals surface area contributed by atoms with Crippen LogP contribution in [-0.2, 0) is 20.7 Å². The highest BCUT2D eigenvalue weighted by atomic mass is 16.6. The van der Waals surface area contributed by atoms with Crippen LogP contribution < -0.4 is 15.4 Å². The Bertz CT molecular complexity index is 573. The molecule has 2 amide bonds. The van der Waals surface area contributed by atoms with Gasteiger partial charge < -0.3 is 24.8 Å². The number of hydrogen-bond acceptors (Lipinski definition) is 5. The van der Waals surface area contributed by atoms with E-state index in [1.54, 1.807) is 0 Å². The van der Waals surface area contributed by atoms with E-state index < -0.39 is 6.10 Å². The smallest absolute Gasteiger partial charge is 0.335 e. The van der Waals surface area contributed by atoms with Crippen LogP contribution in [0.5, 0.6) is 5.75 Å². The van der Waals surface area contributed by atoms with Gasteiger partial charge in [-0.25, -0.2) is 9.59 Å². The molecule has 0 saturated carbocycles. The highest BCUT2D eigenvalue weighted by Crippen LogP contribution is 2.16. The summed E-state index contributed by atoms with van der Waals surface area (Å²) in [6.07, 6.45) is 0.519. The van der Waals surface area contributed by atoms with Crippen LogP contribution in [0.3, 0.4) is 0 Å². The van der Waals surface area contributed by atoms with Gasteiger partial charge in [0.15, 0.2) is 6.10 Å². The minimum atomic E-state index is -0.616. The van der Waals surface area contributed by atoms with Crippen molar-refractivity contribution in [2.45, 2.75) is 44.9 Å². The fourth-order valence-corrected chi connectivity index (χ4v) is 2.58. The zero-order chi connectivity index (χ0) is 18.2. The molecule has 1 heterocycles. The van der Waals surface area contributed by atoms with Crippen molar-refractivity contribution < 1.29 is 23.8 Å². The van der Waals surface area contributed by atoms with E-state index in [9.17, 15) is 9.59 Å². The van der Waals surface area contributed by atoms with Crippen LogP contribution in [0.2, 0.25) is 0 Å². The van der Waals surface area contributed by atoms with Crippen molar-refractivity contribution >= 4 is 12.0 Å². The van der Waals surface area contributed by atoms with Crippen LogP contribution in [0.4, 0.5) is 4.79 Å². The third kappa shape index (κ3) is 6.26. The van der Waals surface area contributed by atoms with E-state index in [-0.39, 0.29) is 24.1 Å². The molecule has 0 spiro atoms. The Labute approximate surface area is 148 Å². The third-order valence-electron chi connectivity index (χ3n) is 3.82. The van der Waals surface area contributed by atoms with E-state index in [0.29, 0.717) is 19.6 Å². The Balaban J connectivity index is 1.81. The molecule has 0 aliphatic carbocycles. The summed E-state index contributed by atoms with van der Waals surface area (Å²) in [6.45, 7) is 4.92. The van der Waals surface area contributed by atoms with E-state index in [1.165, 1.54) is 7.11 Å². The highest BCUT2D eigenvalue weighted by Gasteiger charge is 2.22. The molecule has 25 heavy (non-hydrogen) atoms. The maximum absolute atomic E-state index is 11.8. The summed E-state index contributed by atoms with van der Waals surface area (Å²) in [4.78, 5) is 22.8. The van der Waals surface area contributed by atoms with Crippen molar-refractivity contribution in [2.24, 2.45) is 0 Å². The van der Waals surface area contributed by atoms with E-state index in [4.69, 9.17) is 14.2 Å². The van der Waals surface area contributed by atoms with Crippen LogP contribution >= 0.6 is 0 Å². The lowest BCUT2D eigenvalue weighted by atomic mass is 10.1. The molecule has 1 aliphatic heterocycles. The van der Waals surface area contributed by atoms with Crippen LogP contribution in [0.1, 0.15) is 25.8 Å². The molecule has 7 heteroatoms. The lowest BCUT2D eigenvalue weighted by Gasteiger charge is -2.18. The molecule has 2 N–H and O–H groups in total. The lowest BCUT2D eigenvalue weighted by molar-refractivity contribution is -0.156. The number of hydrogen-bond donors (Lipinski definition) is 2. The topological polar surface area (TPSA) is 85.9 Å². The molecule has 1 saturated heterocycles. The summed E-state index contributed by atoms with van der Waals surface area (Å²) in [5.74, 6) is 0.377. The van der Waals surface area contributed by atoms with Gasteiger partial charge in [-0.2, -0.15) is 0 Å². The molecule has 1 aliphatic rings. The molecule has 2 atom stereocenters. The highest BCUT2D eigenvalue weighted by molar-refractivity contribution is 5.76. The van der Waals surface area contributed by atoms with Gasteiger partial charge in [-0.3, -0.25) is 0 Å². The van der Waals surface area contributed by atoms with Crippen molar-refractivity contribution in [1.29, 1.82) is 0 Å². The Hall–Kier alpha value is -2.28. The molecule has 0 bridgehead atoms. The van der Waals surface area contributed by atoms with Gasteiger partial charge >= 0.3 is 12.0 Å². The third-order valence-corrected chi connectivity index (χ3v) is 3.82. The largest absolute Gasteiger partial charge is 0.494 e. The molecule has 0 aromatic heterocycles. The SMILES string of the molecule is COC(=O)[C@H](Cc1ccc(OCC[C@H]2CNC(=O)N2)cc1)OC(C)C. The van der Waals surface area contributed by atoms with Crippen molar-refractivity contribution in [3.63, 3.8) is 0 Å². The first-order chi connectivity index (χ1) is 12.0. The first kappa shape index (κ1) is 19.1. The Kier molecular flexibility index (Phi) is 7.06. The van der Waals surface area contributed by atoms with Gasteiger partial charge in [-0.1, -0.05) is 12.1 Å². The van der Waals surface area contributed by atoms with Crippen LogP contribution in [0.15, 0.2) is 24.3 Å². The number of ether oxygens (including phenoxy) is 3. The van der Waals surface area contributed by atoms with Crippen LogP contribution in [0.25, 0.3) is 0 Å². The molecule has 1 aromatic carbocycles. The molecule has 0 unspecified atom stereocenters. The molecule has 1 fully saturated rings. The van der Waals surface area contributed by atoms with Crippen molar-refractivity contribution in [3.05, 3.63) is 29.8 Å². The fraction of sp³-hybridized carbons (Fsp3) is 0.556. The minimum Gasteiger partial charge on any atom is -0.494 e. The zero-order valence-electron chi connectivity index (χ0n) is 14.9.